The number of rotatable bonds is 2. The summed E-state index contributed by atoms with van der Waals surface area (Å²) in [5, 5.41) is 0. The van der Waals surface area contributed by atoms with E-state index in [4.69, 9.17) is 0 Å². The molecule has 2 rings (SSSR count). The summed E-state index contributed by atoms with van der Waals surface area (Å²) in [6.07, 6.45) is 3.57. The zero-order chi connectivity index (χ0) is 9.97. The molecule has 2 heterocycles. The van der Waals surface area contributed by atoms with Crippen molar-refractivity contribution in [1.29, 1.82) is 0 Å². The van der Waals surface area contributed by atoms with Crippen LogP contribution in [0.1, 0.15) is 18.2 Å². The van der Waals surface area contributed by atoms with Gasteiger partial charge in [-0.25, -0.2) is 0 Å². The minimum atomic E-state index is 1.10. The van der Waals surface area contributed by atoms with Crippen molar-refractivity contribution in [2.45, 2.75) is 19.9 Å². The molecule has 14 heavy (non-hydrogen) atoms. The Bertz CT molecular complexity index is 343. The van der Waals surface area contributed by atoms with Gasteiger partial charge in [-0.05, 0) is 41.4 Å². The Balaban J connectivity index is 1.93. The minimum absolute atomic E-state index is 1.10. The standard InChI is InChI=1S/C11H14BrNS/c1-9-4-6-13(7-5-9)8-10-2-3-11(12)14-10/h2-4H,5-8H2,1H3. The van der Waals surface area contributed by atoms with E-state index < -0.39 is 0 Å². The predicted octanol–water partition coefficient (Wildman–Crippen LogP) is 3.66. The first-order valence-corrected chi connectivity index (χ1v) is 6.47. The summed E-state index contributed by atoms with van der Waals surface area (Å²) < 4.78 is 1.23. The monoisotopic (exact) mass is 271 g/mol. The molecule has 1 aromatic heterocycles. The minimum Gasteiger partial charge on any atom is -0.294 e. The van der Waals surface area contributed by atoms with Crippen molar-refractivity contribution >= 4 is 27.3 Å². The fourth-order valence-corrected chi connectivity index (χ4v) is 3.14. The van der Waals surface area contributed by atoms with Crippen LogP contribution in [0.3, 0.4) is 0 Å². The van der Waals surface area contributed by atoms with E-state index in [1.54, 1.807) is 0 Å². The molecular formula is C11H14BrNS. The summed E-state index contributed by atoms with van der Waals surface area (Å²) in [6, 6.07) is 4.34. The molecule has 0 saturated heterocycles. The Morgan fingerprint density at radius 3 is 2.93 bits per heavy atom. The van der Waals surface area contributed by atoms with Gasteiger partial charge in [0.25, 0.3) is 0 Å². The largest absolute Gasteiger partial charge is 0.294 e. The molecule has 0 fully saturated rings. The lowest BCUT2D eigenvalue weighted by molar-refractivity contribution is 0.288. The van der Waals surface area contributed by atoms with E-state index in [9.17, 15) is 0 Å². The van der Waals surface area contributed by atoms with Crippen LogP contribution < -0.4 is 0 Å². The maximum atomic E-state index is 3.49. The third kappa shape index (κ3) is 2.69. The maximum Gasteiger partial charge on any atom is 0.0701 e. The van der Waals surface area contributed by atoms with Crippen LogP contribution in [0.5, 0.6) is 0 Å². The number of thiophene rings is 1. The summed E-state index contributed by atoms with van der Waals surface area (Å²) in [5.41, 5.74) is 1.54. The Labute approximate surface area is 97.6 Å². The van der Waals surface area contributed by atoms with Crippen molar-refractivity contribution in [2.24, 2.45) is 0 Å². The Kier molecular flexibility index (Phi) is 3.42. The van der Waals surface area contributed by atoms with Crippen LogP contribution in [0, 0.1) is 0 Å². The van der Waals surface area contributed by atoms with Gasteiger partial charge in [-0.1, -0.05) is 11.6 Å². The molecule has 0 N–H and O–H groups in total. The third-order valence-electron chi connectivity index (χ3n) is 2.53. The average molecular weight is 272 g/mol. The van der Waals surface area contributed by atoms with Gasteiger partial charge in [0.1, 0.15) is 0 Å². The highest BCUT2D eigenvalue weighted by Crippen LogP contribution is 2.24. The van der Waals surface area contributed by atoms with Gasteiger partial charge in [-0.2, -0.15) is 0 Å². The van der Waals surface area contributed by atoms with Crippen LogP contribution >= 0.6 is 27.3 Å². The van der Waals surface area contributed by atoms with Gasteiger partial charge in [0.05, 0.1) is 3.79 Å². The van der Waals surface area contributed by atoms with Crippen molar-refractivity contribution in [1.82, 2.24) is 4.90 Å². The lowest BCUT2D eigenvalue weighted by Crippen LogP contribution is -2.27. The molecule has 76 valence electrons. The number of hydrogen-bond donors (Lipinski definition) is 0. The third-order valence-corrected chi connectivity index (χ3v) is 4.14. The van der Waals surface area contributed by atoms with E-state index in [2.05, 4.69) is 46.0 Å². The molecule has 0 unspecified atom stereocenters. The molecular weight excluding hydrogens is 258 g/mol. The highest BCUT2D eigenvalue weighted by atomic mass is 79.9. The lowest BCUT2D eigenvalue weighted by Gasteiger charge is -2.24. The molecule has 1 nitrogen and oxygen atoms in total. The summed E-state index contributed by atoms with van der Waals surface area (Å²) >= 11 is 5.33. The Hall–Kier alpha value is -0.120. The molecule has 1 aromatic rings. The van der Waals surface area contributed by atoms with Gasteiger partial charge in [0.2, 0.25) is 0 Å². The molecule has 0 saturated carbocycles. The molecule has 0 aliphatic carbocycles. The molecule has 0 atom stereocenters. The SMILES string of the molecule is CC1=CCN(Cc2ccc(Br)s2)CC1. The predicted molar refractivity (Wildman–Crippen MR) is 65.7 cm³/mol. The fourth-order valence-electron chi connectivity index (χ4n) is 1.61. The molecule has 1 aliphatic rings. The first-order chi connectivity index (χ1) is 6.74. The van der Waals surface area contributed by atoms with Crippen LogP contribution in [0.15, 0.2) is 27.6 Å². The van der Waals surface area contributed by atoms with E-state index in [1.165, 1.54) is 27.2 Å². The van der Waals surface area contributed by atoms with Crippen molar-refractivity contribution in [3.05, 3.63) is 32.4 Å². The summed E-state index contributed by atoms with van der Waals surface area (Å²) in [5.74, 6) is 0. The normalized spacial score (nSPS) is 18.3. The topological polar surface area (TPSA) is 3.24 Å². The molecule has 1 aliphatic heterocycles. The van der Waals surface area contributed by atoms with E-state index in [0.717, 1.165) is 13.1 Å². The Morgan fingerprint density at radius 1 is 1.50 bits per heavy atom. The molecule has 0 radical (unpaired) electrons. The zero-order valence-corrected chi connectivity index (χ0v) is 10.7. The van der Waals surface area contributed by atoms with Gasteiger partial charge in [0.15, 0.2) is 0 Å². The number of halogens is 1. The van der Waals surface area contributed by atoms with Crippen LogP contribution in [-0.2, 0) is 6.54 Å². The second kappa shape index (κ2) is 4.60. The van der Waals surface area contributed by atoms with E-state index in [-0.39, 0.29) is 0 Å². The number of hydrogen-bond acceptors (Lipinski definition) is 2. The van der Waals surface area contributed by atoms with Crippen molar-refractivity contribution in [3.8, 4) is 0 Å². The van der Waals surface area contributed by atoms with Crippen LogP contribution in [0.4, 0.5) is 0 Å². The van der Waals surface area contributed by atoms with Gasteiger partial charge >= 0.3 is 0 Å². The molecule has 3 heteroatoms. The van der Waals surface area contributed by atoms with Crippen LogP contribution in [0.2, 0.25) is 0 Å². The van der Waals surface area contributed by atoms with Gasteiger partial charge in [-0.15, -0.1) is 11.3 Å². The second-order valence-corrected chi connectivity index (χ2v) is 6.29. The Morgan fingerprint density at radius 2 is 2.36 bits per heavy atom. The molecule has 0 spiro atoms. The molecule has 0 bridgehead atoms. The smallest absolute Gasteiger partial charge is 0.0701 e. The summed E-state index contributed by atoms with van der Waals surface area (Å²) in [6.45, 7) is 5.64. The van der Waals surface area contributed by atoms with Crippen molar-refractivity contribution in [2.75, 3.05) is 13.1 Å². The fraction of sp³-hybridized carbons (Fsp3) is 0.455. The maximum absolute atomic E-state index is 3.49. The highest BCUT2D eigenvalue weighted by molar-refractivity contribution is 9.11. The van der Waals surface area contributed by atoms with Crippen LogP contribution in [-0.4, -0.2) is 18.0 Å². The van der Waals surface area contributed by atoms with E-state index in [0.29, 0.717) is 0 Å². The quantitative estimate of drug-likeness (QED) is 0.743. The zero-order valence-electron chi connectivity index (χ0n) is 8.29. The highest BCUT2D eigenvalue weighted by Gasteiger charge is 2.10. The van der Waals surface area contributed by atoms with E-state index in [1.807, 2.05) is 11.3 Å². The van der Waals surface area contributed by atoms with Gasteiger partial charge in [-0.3, -0.25) is 4.90 Å². The van der Waals surface area contributed by atoms with Crippen LogP contribution in [0.25, 0.3) is 0 Å². The molecule has 0 aromatic carbocycles. The number of nitrogens with zero attached hydrogens (tertiary/aromatic N) is 1. The van der Waals surface area contributed by atoms with E-state index >= 15 is 0 Å². The summed E-state index contributed by atoms with van der Waals surface area (Å²) in [4.78, 5) is 3.94. The van der Waals surface area contributed by atoms with Crippen molar-refractivity contribution in [3.63, 3.8) is 0 Å². The average Bonchev–Trinajstić information content (AvgIpc) is 2.56. The second-order valence-electron chi connectivity index (χ2n) is 3.74. The van der Waals surface area contributed by atoms with Crippen molar-refractivity contribution < 1.29 is 0 Å². The first kappa shape index (κ1) is 10.4. The van der Waals surface area contributed by atoms with Gasteiger partial charge < -0.3 is 0 Å². The summed E-state index contributed by atoms with van der Waals surface area (Å²) in [7, 11) is 0. The first-order valence-electron chi connectivity index (χ1n) is 4.86. The lowest BCUT2D eigenvalue weighted by atomic mass is 10.1. The van der Waals surface area contributed by atoms with Gasteiger partial charge in [0, 0.05) is 24.5 Å². The molecule has 0 amide bonds.